The zero-order valence-electron chi connectivity index (χ0n) is 12.4. The Morgan fingerprint density at radius 3 is 2.55 bits per heavy atom. The number of carboxylic acid groups (broad SMARTS) is 1. The molecule has 0 spiro atoms. The first-order valence-corrected chi connectivity index (χ1v) is 6.55. The van der Waals surface area contributed by atoms with Crippen LogP contribution in [0.2, 0.25) is 0 Å². The van der Waals surface area contributed by atoms with Gasteiger partial charge in [0.15, 0.2) is 0 Å². The van der Waals surface area contributed by atoms with Crippen LogP contribution in [0.5, 0.6) is 0 Å². The fraction of sp³-hybridized carbons (Fsp3) is 0.533. The molecule has 108 valence electrons. The van der Waals surface area contributed by atoms with Gasteiger partial charge in [0, 0.05) is 12.2 Å². The summed E-state index contributed by atoms with van der Waals surface area (Å²) in [5, 5.41) is 18.1. The van der Waals surface area contributed by atoms with Gasteiger partial charge in [0.2, 0.25) is 0 Å². The molecule has 0 amide bonds. The lowest BCUT2D eigenvalue weighted by Crippen LogP contribution is -2.29. The van der Waals surface area contributed by atoms with Gasteiger partial charge < -0.3 is 9.67 Å². The Morgan fingerprint density at radius 1 is 1.45 bits per heavy atom. The van der Waals surface area contributed by atoms with Crippen molar-refractivity contribution in [3.05, 3.63) is 33.2 Å². The summed E-state index contributed by atoms with van der Waals surface area (Å²) in [6, 6.07) is 3.92. The molecule has 0 atom stereocenters. The summed E-state index contributed by atoms with van der Waals surface area (Å²) < 4.78 is 1.48. The summed E-state index contributed by atoms with van der Waals surface area (Å²) in [6.07, 6.45) is 1.31. The van der Waals surface area contributed by atoms with Crippen molar-refractivity contribution >= 4 is 5.97 Å². The molecule has 0 aliphatic rings. The summed E-state index contributed by atoms with van der Waals surface area (Å²) in [4.78, 5) is 23.3. The molecule has 0 saturated carbocycles. The quantitative estimate of drug-likeness (QED) is 0.895. The average molecular weight is 276 g/mol. The SMILES string of the molecule is Cc1cc(C)n(CCCC(C)(C)C#N)c(=O)c1C(=O)O. The molecular weight excluding hydrogens is 256 g/mol. The Bertz CT molecular complexity index is 621. The molecule has 0 unspecified atom stereocenters. The van der Waals surface area contributed by atoms with E-state index in [1.54, 1.807) is 19.9 Å². The van der Waals surface area contributed by atoms with Crippen LogP contribution in [0.25, 0.3) is 0 Å². The molecule has 20 heavy (non-hydrogen) atoms. The van der Waals surface area contributed by atoms with Gasteiger partial charge in [-0.3, -0.25) is 4.79 Å². The number of aromatic nitrogens is 1. The normalized spacial score (nSPS) is 11.2. The highest BCUT2D eigenvalue weighted by atomic mass is 16.4. The Labute approximate surface area is 118 Å². The van der Waals surface area contributed by atoms with Crippen LogP contribution in [0.4, 0.5) is 0 Å². The van der Waals surface area contributed by atoms with Crippen LogP contribution in [-0.4, -0.2) is 15.6 Å². The topological polar surface area (TPSA) is 83.1 Å². The first kappa shape index (κ1) is 16.0. The third-order valence-corrected chi connectivity index (χ3v) is 3.40. The molecule has 1 aromatic rings. The van der Waals surface area contributed by atoms with Crippen LogP contribution in [-0.2, 0) is 6.54 Å². The van der Waals surface area contributed by atoms with Gasteiger partial charge in [-0.2, -0.15) is 5.26 Å². The summed E-state index contributed by atoms with van der Waals surface area (Å²) in [5.74, 6) is -1.20. The second-order valence-corrected chi connectivity index (χ2v) is 5.70. The smallest absolute Gasteiger partial charge is 0.341 e. The van der Waals surface area contributed by atoms with Crippen LogP contribution in [0.15, 0.2) is 10.9 Å². The van der Waals surface area contributed by atoms with Gasteiger partial charge in [-0.25, -0.2) is 4.79 Å². The van der Waals surface area contributed by atoms with E-state index in [-0.39, 0.29) is 5.56 Å². The molecular formula is C15H20N2O3. The van der Waals surface area contributed by atoms with E-state index in [0.29, 0.717) is 24.9 Å². The lowest BCUT2D eigenvalue weighted by Gasteiger charge is -2.17. The number of nitriles is 1. The van der Waals surface area contributed by atoms with Crippen molar-refractivity contribution in [2.45, 2.75) is 47.1 Å². The molecule has 5 nitrogen and oxygen atoms in total. The van der Waals surface area contributed by atoms with E-state index < -0.39 is 16.9 Å². The third-order valence-electron chi connectivity index (χ3n) is 3.40. The van der Waals surface area contributed by atoms with Crippen molar-refractivity contribution < 1.29 is 9.90 Å². The second-order valence-electron chi connectivity index (χ2n) is 5.70. The maximum atomic E-state index is 12.2. The third kappa shape index (κ3) is 3.47. The van der Waals surface area contributed by atoms with Gasteiger partial charge in [-0.1, -0.05) is 0 Å². The van der Waals surface area contributed by atoms with Crippen molar-refractivity contribution in [1.82, 2.24) is 4.57 Å². The van der Waals surface area contributed by atoms with Crippen molar-refractivity contribution in [2.75, 3.05) is 0 Å². The number of nitrogens with zero attached hydrogens (tertiary/aromatic N) is 2. The largest absolute Gasteiger partial charge is 0.477 e. The minimum absolute atomic E-state index is 0.171. The minimum atomic E-state index is -1.20. The number of aryl methyl sites for hydroxylation is 2. The number of hydrogen-bond donors (Lipinski definition) is 1. The van der Waals surface area contributed by atoms with Crippen LogP contribution in [0.3, 0.4) is 0 Å². The van der Waals surface area contributed by atoms with Gasteiger partial charge >= 0.3 is 5.97 Å². The maximum absolute atomic E-state index is 12.2. The van der Waals surface area contributed by atoms with Crippen molar-refractivity contribution in [2.24, 2.45) is 5.41 Å². The van der Waals surface area contributed by atoms with E-state index in [0.717, 1.165) is 5.69 Å². The predicted octanol–water partition coefficient (Wildman–Crippen LogP) is 2.49. The summed E-state index contributed by atoms with van der Waals surface area (Å²) in [6.45, 7) is 7.54. The average Bonchev–Trinajstić information content (AvgIpc) is 2.32. The van der Waals surface area contributed by atoms with E-state index in [1.165, 1.54) is 4.57 Å². The second kappa shape index (κ2) is 5.91. The molecule has 5 heteroatoms. The molecule has 0 bridgehead atoms. The van der Waals surface area contributed by atoms with Crippen molar-refractivity contribution in [3.8, 4) is 6.07 Å². The Balaban J connectivity index is 3.03. The monoisotopic (exact) mass is 276 g/mol. The fourth-order valence-corrected chi connectivity index (χ4v) is 2.20. The first-order chi connectivity index (χ1) is 9.19. The van der Waals surface area contributed by atoms with E-state index >= 15 is 0 Å². The number of rotatable bonds is 5. The van der Waals surface area contributed by atoms with Crippen molar-refractivity contribution in [3.63, 3.8) is 0 Å². The predicted molar refractivity (Wildman–Crippen MR) is 75.8 cm³/mol. The molecule has 1 aromatic heterocycles. The Morgan fingerprint density at radius 2 is 2.05 bits per heavy atom. The Hall–Kier alpha value is -2.09. The lowest BCUT2D eigenvalue weighted by molar-refractivity contribution is 0.0693. The first-order valence-electron chi connectivity index (χ1n) is 6.55. The lowest BCUT2D eigenvalue weighted by atomic mass is 9.90. The highest BCUT2D eigenvalue weighted by Gasteiger charge is 2.18. The van der Waals surface area contributed by atoms with E-state index in [9.17, 15) is 9.59 Å². The molecule has 0 radical (unpaired) electrons. The molecule has 0 aliphatic carbocycles. The van der Waals surface area contributed by atoms with Crippen LogP contribution in [0.1, 0.15) is 48.3 Å². The van der Waals surface area contributed by atoms with E-state index in [4.69, 9.17) is 10.4 Å². The fourth-order valence-electron chi connectivity index (χ4n) is 2.20. The highest BCUT2D eigenvalue weighted by Crippen LogP contribution is 2.21. The molecule has 0 saturated heterocycles. The molecule has 1 N–H and O–H groups in total. The molecule has 0 fully saturated rings. The van der Waals surface area contributed by atoms with Gasteiger partial charge in [0.1, 0.15) is 5.56 Å². The molecule has 1 heterocycles. The minimum Gasteiger partial charge on any atom is -0.477 e. The van der Waals surface area contributed by atoms with Gasteiger partial charge in [0.25, 0.3) is 5.56 Å². The number of carbonyl (C=O) groups is 1. The van der Waals surface area contributed by atoms with Gasteiger partial charge in [-0.05, 0) is 52.2 Å². The molecule has 1 rings (SSSR count). The van der Waals surface area contributed by atoms with Crippen LogP contribution in [0, 0.1) is 30.6 Å². The summed E-state index contributed by atoms with van der Waals surface area (Å²) in [5.41, 5.74) is 0.151. The van der Waals surface area contributed by atoms with E-state index in [2.05, 4.69) is 6.07 Å². The van der Waals surface area contributed by atoms with E-state index in [1.807, 2.05) is 13.8 Å². The number of hydrogen-bond acceptors (Lipinski definition) is 3. The zero-order valence-corrected chi connectivity index (χ0v) is 12.4. The number of pyridine rings is 1. The highest BCUT2D eigenvalue weighted by molar-refractivity contribution is 5.88. The van der Waals surface area contributed by atoms with Crippen LogP contribution < -0.4 is 5.56 Å². The molecule has 0 aliphatic heterocycles. The number of aromatic carboxylic acids is 1. The number of carboxylic acids is 1. The zero-order chi connectivity index (χ0) is 15.5. The van der Waals surface area contributed by atoms with Gasteiger partial charge in [0.05, 0.1) is 11.5 Å². The summed E-state index contributed by atoms with van der Waals surface area (Å²) in [7, 11) is 0. The molecule has 0 aromatic carbocycles. The summed E-state index contributed by atoms with van der Waals surface area (Å²) >= 11 is 0. The standard InChI is InChI=1S/C15H20N2O3/c1-10-8-11(2)17(13(18)12(10)14(19)20)7-5-6-15(3,4)9-16/h8H,5-7H2,1-4H3,(H,19,20). The Kier molecular flexibility index (Phi) is 4.72. The van der Waals surface area contributed by atoms with Gasteiger partial charge in [-0.15, -0.1) is 0 Å². The van der Waals surface area contributed by atoms with Crippen LogP contribution >= 0.6 is 0 Å². The van der Waals surface area contributed by atoms with Crippen molar-refractivity contribution in [1.29, 1.82) is 5.26 Å². The maximum Gasteiger partial charge on any atom is 0.341 e.